The number of carbonyl (C=O) groups is 2. The van der Waals surface area contributed by atoms with Crippen molar-refractivity contribution >= 4 is 17.6 Å². The molecule has 0 aliphatic carbocycles. The van der Waals surface area contributed by atoms with Gasteiger partial charge in [-0.05, 0) is 41.8 Å². The van der Waals surface area contributed by atoms with Gasteiger partial charge < -0.3 is 19.9 Å². The topological polar surface area (TPSA) is 61.9 Å². The molecule has 0 saturated carbocycles. The van der Waals surface area contributed by atoms with Crippen LogP contribution < -0.4 is 15.0 Å². The lowest BCUT2D eigenvalue weighted by Crippen LogP contribution is -2.36. The molecule has 1 aliphatic heterocycles. The van der Waals surface area contributed by atoms with Gasteiger partial charge in [0.25, 0.3) is 0 Å². The van der Waals surface area contributed by atoms with Crippen molar-refractivity contribution in [3.05, 3.63) is 59.7 Å². The summed E-state index contributed by atoms with van der Waals surface area (Å²) < 4.78 is 28.7. The average Bonchev–Trinajstić information content (AvgIpc) is 3.13. The molecular weight excluding hydrogens is 380 g/mol. The summed E-state index contributed by atoms with van der Waals surface area (Å²) in [6, 6.07) is 13.5. The van der Waals surface area contributed by atoms with Crippen molar-refractivity contribution in [3.63, 3.8) is 0 Å². The quantitative estimate of drug-likeness (QED) is 0.766. The van der Waals surface area contributed by atoms with Gasteiger partial charge in [0.15, 0.2) is 0 Å². The number of hydrogen-bond donors (Lipinski definition) is 1. The minimum atomic E-state index is -2.86. The second kappa shape index (κ2) is 9.36. The molecule has 1 saturated heterocycles. The molecule has 6 nitrogen and oxygen atoms in total. The third kappa shape index (κ3) is 5.66. The number of alkyl halides is 2. The normalized spacial score (nSPS) is 13.7. The third-order valence-corrected chi connectivity index (χ3v) is 4.65. The van der Waals surface area contributed by atoms with Gasteiger partial charge in [0.2, 0.25) is 5.91 Å². The van der Waals surface area contributed by atoms with Crippen LogP contribution in [-0.2, 0) is 17.9 Å². The van der Waals surface area contributed by atoms with Crippen molar-refractivity contribution in [2.24, 2.45) is 0 Å². The lowest BCUT2D eigenvalue weighted by molar-refractivity contribution is -0.117. The standard InChI is InChI=1S/C21H23F2N3O3/c1-25(14-15-7-9-18(10-8-15)29-20(22)23)21(28)24-13-16-4-2-5-17(12-16)26-11-3-6-19(26)27/h2,4-5,7-10,12,20H,3,6,11,13-14H2,1H3,(H,24,28). The van der Waals surface area contributed by atoms with E-state index in [9.17, 15) is 18.4 Å². The van der Waals surface area contributed by atoms with Gasteiger partial charge >= 0.3 is 12.6 Å². The number of urea groups is 1. The predicted molar refractivity (Wildman–Crippen MR) is 105 cm³/mol. The molecule has 1 aliphatic rings. The van der Waals surface area contributed by atoms with Crippen molar-refractivity contribution in [3.8, 4) is 5.75 Å². The summed E-state index contributed by atoms with van der Waals surface area (Å²) in [5.74, 6) is 0.197. The molecule has 0 atom stereocenters. The molecule has 0 unspecified atom stereocenters. The van der Waals surface area contributed by atoms with E-state index in [1.807, 2.05) is 24.3 Å². The van der Waals surface area contributed by atoms with Gasteiger partial charge in [-0.2, -0.15) is 8.78 Å². The van der Waals surface area contributed by atoms with E-state index in [1.54, 1.807) is 24.1 Å². The predicted octanol–water partition coefficient (Wildman–Crippen LogP) is 3.76. The molecule has 0 bridgehead atoms. The van der Waals surface area contributed by atoms with E-state index in [4.69, 9.17) is 0 Å². The molecule has 29 heavy (non-hydrogen) atoms. The molecule has 1 heterocycles. The Kier molecular flexibility index (Phi) is 6.64. The first kappa shape index (κ1) is 20.6. The van der Waals surface area contributed by atoms with Crippen molar-refractivity contribution in [2.45, 2.75) is 32.5 Å². The number of carbonyl (C=O) groups excluding carboxylic acids is 2. The van der Waals surface area contributed by atoms with Crippen LogP contribution in [0.15, 0.2) is 48.5 Å². The highest BCUT2D eigenvalue weighted by atomic mass is 19.3. The fourth-order valence-corrected chi connectivity index (χ4v) is 3.19. The SMILES string of the molecule is CN(Cc1ccc(OC(F)F)cc1)C(=O)NCc1cccc(N2CCCC2=O)c1. The highest BCUT2D eigenvalue weighted by Gasteiger charge is 2.21. The van der Waals surface area contributed by atoms with Gasteiger partial charge in [-0.3, -0.25) is 4.79 Å². The first-order valence-electron chi connectivity index (χ1n) is 9.34. The van der Waals surface area contributed by atoms with E-state index in [1.165, 1.54) is 17.0 Å². The number of benzene rings is 2. The molecule has 0 spiro atoms. The van der Waals surface area contributed by atoms with Gasteiger partial charge in [-0.1, -0.05) is 24.3 Å². The number of nitrogens with zero attached hydrogens (tertiary/aromatic N) is 2. The van der Waals surface area contributed by atoms with Crippen molar-refractivity contribution < 1.29 is 23.1 Å². The van der Waals surface area contributed by atoms with Gasteiger partial charge in [-0.25, -0.2) is 4.79 Å². The molecule has 1 N–H and O–H groups in total. The molecule has 2 aromatic carbocycles. The first-order chi connectivity index (χ1) is 13.9. The molecule has 1 fully saturated rings. The highest BCUT2D eigenvalue weighted by Crippen LogP contribution is 2.22. The largest absolute Gasteiger partial charge is 0.435 e. The molecule has 154 valence electrons. The zero-order chi connectivity index (χ0) is 20.8. The van der Waals surface area contributed by atoms with E-state index in [2.05, 4.69) is 10.1 Å². The Hall–Kier alpha value is -3.16. The lowest BCUT2D eigenvalue weighted by Gasteiger charge is -2.19. The Balaban J connectivity index is 1.52. The fourth-order valence-electron chi connectivity index (χ4n) is 3.19. The molecule has 2 aromatic rings. The van der Waals surface area contributed by atoms with Gasteiger partial charge in [0.1, 0.15) is 5.75 Å². The number of hydrogen-bond acceptors (Lipinski definition) is 3. The maximum Gasteiger partial charge on any atom is 0.387 e. The van der Waals surface area contributed by atoms with Crippen LogP contribution in [0.25, 0.3) is 0 Å². The van der Waals surface area contributed by atoms with E-state index in [-0.39, 0.29) is 17.7 Å². The van der Waals surface area contributed by atoms with Gasteiger partial charge in [-0.15, -0.1) is 0 Å². The van der Waals surface area contributed by atoms with Crippen LogP contribution in [0.4, 0.5) is 19.3 Å². The van der Waals surface area contributed by atoms with E-state index in [0.29, 0.717) is 19.5 Å². The summed E-state index contributed by atoms with van der Waals surface area (Å²) in [6.45, 7) is -1.49. The van der Waals surface area contributed by atoms with E-state index < -0.39 is 6.61 Å². The van der Waals surface area contributed by atoms with Gasteiger partial charge in [0, 0.05) is 38.8 Å². The number of anilines is 1. The maximum absolute atomic E-state index is 12.4. The van der Waals surface area contributed by atoms with Crippen LogP contribution in [0.1, 0.15) is 24.0 Å². The summed E-state index contributed by atoms with van der Waals surface area (Å²) in [5.41, 5.74) is 2.54. The summed E-state index contributed by atoms with van der Waals surface area (Å²) in [4.78, 5) is 27.5. The zero-order valence-electron chi connectivity index (χ0n) is 16.1. The summed E-state index contributed by atoms with van der Waals surface area (Å²) in [6.07, 6.45) is 1.43. The second-order valence-corrected chi connectivity index (χ2v) is 6.86. The second-order valence-electron chi connectivity index (χ2n) is 6.86. The van der Waals surface area contributed by atoms with Crippen LogP contribution in [0.2, 0.25) is 0 Å². The van der Waals surface area contributed by atoms with Crippen LogP contribution in [0, 0.1) is 0 Å². The Morgan fingerprint density at radius 1 is 1.21 bits per heavy atom. The molecular formula is C21H23F2N3O3. The van der Waals surface area contributed by atoms with Gasteiger partial charge in [0.05, 0.1) is 0 Å². The van der Waals surface area contributed by atoms with Crippen molar-refractivity contribution in [1.82, 2.24) is 10.2 Å². The average molecular weight is 403 g/mol. The van der Waals surface area contributed by atoms with Crippen LogP contribution in [0.5, 0.6) is 5.75 Å². The number of amides is 3. The molecule has 0 radical (unpaired) electrons. The number of halogens is 2. The van der Waals surface area contributed by atoms with Crippen molar-refractivity contribution in [2.75, 3.05) is 18.5 Å². The first-order valence-corrected chi connectivity index (χ1v) is 9.34. The number of ether oxygens (including phenoxy) is 1. The Labute approximate surface area is 168 Å². The molecule has 8 heteroatoms. The smallest absolute Gasteiger partial charge is 0.387 e. The lowest BCUT2D eigenvalue weighted by atomic mass is 10.2. The molecule has 0 aromatic heterocycles. The maximum atomic E-state index is 12.4. The fraction of sp³-hybridized carbons (Fsp3) is 0.333. The minimum absolute atomic E-state index is 0.0761. The highest BCUT2D eigenvalue weighted by molar-refractivity contribution is 5.95. The van der Waals surface area contributed by atoms with Crippen LogP contribution >= 0.6 is 0 Å². The molecule has 3 amide bonds. The zero-order valence-corrected chi connectivity index (χ0v) is 16.1. The van der Waals surface area contributed by atoms with Crippen molar-refractivity contribution in [1.29, 1.82) is 0 Å². The summed E-state index contributed by atoms with van der Waals surface area (Å²) in [7, 11) is 1.65. The summed E-state index contributed by atoms with van der Waals surface area (Å²) >= 11 is 0. The number of nitrogens with one attached hydrogen (secondary N) is 1. The van der Waals surface area contributed by atoms with Crippen LogP contribution in [-0.4, -0.2) is 37.0 Å². The number of rotatable bonds is 7. The minimum Gasteiger partial charge on any atom is -0.435 e. The summed E-state index contributed by atoms with van der Waals surface area (Å²) in [5, 5.41) is 2.85. The van der Waals surface area contributed by atoms with E-state index in [0.717, 1.165) is 29.8 Å². The molecule has 3 rings (SSSR count). The Morgan fingerprint density at radius 2 is 1.97 bits per heavy atom. The van der Waals surface area contributed by atoms with Crippen LogP contribution in [0.3, 0.4) is 0 Å². The third-order valence-electron chi connectivity index (χ3n) is 4.65. The van der Waals surface area contributed by atoms with E-state index >= 15 is 0 Å². The Bertz CT molecular complexity index is 859. The monoisotopic (exact) mass is 403 g/mol. The Morgan fingerprint density at radius 3 is 2.62 bits per heavy atom.